The van der Waals surface area contributed by atoms with E-state index in [0.717, 1.165) is 21.7 Å². The monoisotopic (exact) mass is 272 g/mol. The summed E-state index contributed by atoms with van der Waals surface area (Å²) in [5, 5.41) is 5.18. The Kier molecular flexibility index (Phi) is 3.02. The highest BCUT2D eigenvalue weighted by Gasteiger charge is 2.22. The summed E-state index contributed by atoms with van der Waals surface area (Å²) >= 11 is 5.30. The molecule has 0 saturated carbocycles. The van der Waals surface area contributed by atoms with Crippen molar-refractivity contribution in [3.63, 3.8) is 0 Å². The fraction of sp³-hybridized carbons (Fsp3) is 0.500. The molecule has 1 aliphatic rings. The van der Waals surface area contributed by atoms with Crippen LogP contribution in [-0.4, -0.2) is 16.8 Å². The van der Waals surface area contributed by atoms with Crippen LogP contribution in [0.4, 0.5) is 5.69 Å². The van der Waals surface area contributed by atoms with Crippen molar-refractivity contribution in [2.45, 2.75) is 24.1 Å². The van der Waals surface area contributed by atoms with Crippen molar-refractivity contribution in [3.8, 4) is 0 Å². The summed E-state index contributed by atoms with van der Waals surface area (Å²) in [7, 11) is 0. The first-order chi connectivity index (χ1) is 6.66. The van der Waals surface area contributed by atoms with E-state index in [4.69, 9.17) is 0 Å². The Morgan fingerprint density at radius 1 is 1.64 bits per heavy atom. The number of anilines is 1. The van der Waals surface area contributed by atoms with Gasteiger partial charge in [-0.2, -0.15) is 0 Å². The van der Waals surface area contributed by atoms with Gasteiger partial charge in [0.15, 0.2) is 0 Å². The molecule has 0 fully saturated rings. The Bertz CT molecular complexity index is 341. The lowest BCUT2D eigenvalue weighted by Gasteiger charge is -2.27. The van der Waals surface area contributed by atoms with Crippen LogP contribution in [0, 0.1) is 5.92 Å². The van der Waals surface area contributed by atoms with Gasteiger partial charge in [-0.15, -0.1) is 0 Å². The molecule has 2 rings (SSSR count). The largest absolute Gasteiger partial charge is 0.382 e. The minimum Gasteiger partial charge on any atom is -0.382 e. The van der Waals surface area contributed by atoms with Crippen LogP contribution in [0.5, 0.6) is 0 Å². The quantitative estimate of drug-likeness (QED) is 0.849. The maximum Gasteiger partial charge on any atom is 0.120 e. The highest BCUT2D eigenvalue weighted by molar-refractivity contribution is 9.10. The van der Waals surface area contributed by atoms with E-state index >= 15 is 0 Å². The number of nitrogens with zero attached hydrogens (tertiary/aromatic N) is 1. The standard InChI is InChI=1S/C10H13BrN2S/c1-6(2)9-5-12-8-3-7(11)4-13-10(8)14-9/h3-4,6,9,12H,5H2,1-2H3. The van der Waals surface area contributed by atoms with E-state index in [1.165, 1.54) is 0 Å². The number of halogens is 1. The van der Waals surface area contributed by atoms with Gasteiger partial charge in [-0.3, -0.25) is 0 Å². The second kappa shape index (κ2) is 4.11. The van der Waals surface area contributed by atoms with Crippen molar-refractivity contribution in [3.05, 3.63) is 16.7 Å². The Balaban J connectivity index is 2.23. The van der Waals surface area contributed by atoms with E-state index in [1.807, 2.05) is 18.0 Å². The van der Waals surface area contributed by atoms with E-state index in [-0.39, 0.29) is 0 Å². The molecule has 0 aromatic carbocycles. The molecule has 2 nitrogen and oxygen atoms in total. The maximum atomic E-state index is 4.41. The molecule has 14 heavy (non-hydrogen) atoms. The van der Waals surface area contributed by atoms with Crippen LogP contribution in [0.25, 0.3) is 0 Å². The Labute approximate surface area is 97.0 Å². The summed E-state index contributed by atoms with van der Waals surface area (Å²) in [6.07, 6.45) is 1.86. The van der Waals surface area contributed by atoms with Crippen LogP contribution in [0.2, 0.25) is 0 Å². The Hall–Kier alpha value is -0.220. The molecule has 0 saturated heterocycles. The molecule has 0 amide bonds. The smallest absolute Gasteiger partial charge is 0.120 e. The van der Waals surface area contributed by atoms with Gasteiger partial charge in [0.05, 0.1) is 5.69 Å². The summed E-state index contributed by atoms with van der Waals surface area (Å²) in [5.41, 5.74) is 1.15. The third-order valence-electron chi connectivity index (χ3n) is 2.32. The van der Waals surface area contributed by atoms with Crippen molar-refractivity contribution in [2.24, 2.45) is 5.92 Å². The van der Waals surface area contributed by atoms with Crippen molar-refractivity contribution < 1.29 is 0 Å². The first kappa shape index (κ1) is 10.3. The van der Waals surface area contributed by atoms with Crippen molar-refractivity contribution in [2.75, 3.05) is 11.9 Å². The lowest BCUT2D eigenvalue weighted by Crippen LogP contribution is -2.26. The molecule has 0 aliphatic carbocycles. The highest BCUT2D eigenvalue weighted by atomic mass is 79.9. The van der Waals surface area contributed by atoms with Gasteiger partial charge >= 0.3 is 0 Å². The van der Waals surface area contributed by atoms with Crippen LogP contribution in [0.1, 0.15) is 13.8 Å². The normalized spacial score (nSPS) is 20.4. The summed E-state index contributed by atoms with van der Waals surface area (Å²) < 4.78 is 1.03. The van der Waals surface area contributed by atoms with Gasteiger partial charge in [0.25, 0.3) is 0 Å². The highest BCUT2D eigenvalue weighted by Crippen LogP contribution is 2.37. The molecule has 1 unspecified atom stereocenters. The molecule has 2 heterocycles. The first-order valence-electron chi connectivity index (χ1n) is 4.73. The molecule has 0 spiro atoms. The van der Waals surface area contributed by atoms with Gasteiger partial charge in [0.2, 0.25) is 0 Å². The summed E-state index contributed by atoms with van der Waals surface area (Å²) in [6, 6.07) is 2.09. The van der Waals surface area contributed by atoms with Gasteiger partial charge < -0.3 is 5.32 Å². The fourth-order valence-electron chi connectivity index (χ4n) is 1.41. The topological polar surface area (TPSA) is 24.9 Å². The van der Waals surface area contributed by atoms with Crippen molar-refractivity contribution in [1.29, 1.82) is 0 Å². The van der Waals surface area contributed by atoms with Gasteiger partial charge in [0, 0.05) is 22.5 Å². The lowest BCUT2D eigenvalue weighted by atomic mass is 10.1. The molecule has 76 valence electrons. The van der Waals surface area contributed by atoms with E-state index in [9.17, 15) is 0 Å². The number of pyridine rings is 1. The summed E-state index contributed by atoms with van der Waals surface area (Å²) in [4.78, 5) is 4.41. The second-order valence-corrected chi connectivity index (χ2v) is 5.93. The van der Waals surface area contributed by atoms with E-state index in [1.54, 1.807) is 0 Å². The predicted octanol–water partition coefficient (Wildman–Crippen LogP) is 3.39. The zero-order valence-electron chi connectivity index (χ0n) is 8.25. The fourth-order valence-corrected chi connectivity index (χ4v) is 2.84. The van der Waals surface area contributed by atoms with Gasteiger partial charge in [-0.1, -0.05) is 25.6 Å². The van der Waals surface area contributed by atoms with Crippen LogP contribution in [0.15, 0.2) is 21.8 Å². The number of nitrogens with one attached hydrogen (secondary N) is 1. The van der Waals surface area contributed by atoms with Crippen LogP contribution in [0.3, 0.4) is 0 Å². The second-order valence-electron chi connectivity index (χ2n) is 3.79. The van der Waals surface area contributed by atoms with E-state index in [2.05, 4.69) is 46.1 Å². The van der Waals surface area contributed by atoms with Gasteiger partial charge in [-0.05, 0) is 27.9 Å². The van der Waals surface area contributed by atoms with Crippen LogP contribution < -0.4 is 5.32 Å². The molecular formula is C10H13BrN2S. The molecule has 4 heteroatoms. The van der Waals surface area contributed by atoms with E-state index < -0.39 is 0 Å². The number of hydrogen-bond donors (Lipinski definition) is 1. The van der Waals surface area contributed by atoms with Gasteiger partial charge in [0.1, 0.15) is 5.03 Å². The zero-order valence-corrected chi connectivity index (χ0v) is 10.7. The third kappa shape index (κ3) is 2.06. The maximum absolute atomic E-state index is 4.41. The average Bonchev–Trinajstić information content (AvgIpc) is 2.16. The average molecular weight is 273 g/mol. The summed E-state index contributed by atoms with van der Waals surface area (Å²) in [5.74, 6) is 0.686. The molecule has 0 bridgehead atoms. The van der Waals surface area contributed by atoms with Crippen LogP contribution in [-0.2, 0) is 0 Å². The number of thioether (sulfide) groups is 1. The molecule has 1 aromatic rings. The van der Waals surface area contributed by atoms with Crippen LogP contribution >= 0.6 is 27.7 Å². The minimum atomic E-state index is 0.635. The molecule has 1 aromatic heterocycles. The third-order valence-corrected chi connectivity index (χ3v) is 4.31. The number of fused-ring (bicyclic) bond motifs is 1. The SMILES string of the molecule is CC(C)C1CNc2cc(Br)cnc2S1. The minimum absolute atomic E-state index is 0.635. The first-order valence-corrected chi connectivity index (χ1v) is 6.40. The molecule has 1 atom stereocenters. The predicted molar refractivity (Wildman–Crippen MR) is 64.9 cm³/mol. The molecule has 1 N–H and O–H groups in total. The number of rotatable bonds is 1. The molecule has 1 aliphatic heterocycles. The van der Waals surface area contributed by atoms with Gasteiger partial charge in [-0.25, -0.2) is 4.98 Å². The summed E-state index contributed by atoms with van der Waals surface area (Å²) in [6.45, 7) is 5.54. The number of hydrogen-bond acceptors (Lipinski definition) is 3. The Morgan fingerprint density at radius 3 is 3.14 bits per heavy atom. The molecular weight excluding hydrogens is 260 g/mol. The zero-order chi connectivity index (χ0) is 10.1. The Morgan fingerprint density at radius 2 is 2.43 bits per heavy atom. The van der Waals surface area contributed by atoms with E-state index in [0.29, 0.717) is 11.2 Å². The number of aromatic nitrogens is 1. The van der Waals surface area contributed by atoms with Crippen molar-refractivity contribution in [1.82, 2.24) is 4.98 Å². The molecule has 0 radical (unpaired) electrons. The van der Waals surface area contributed by atoms with Crippen molar-refractivity contribution >= 4 is 33.4 Å². The lowest BCUT2D eigenvalue weighted by molar-refractivity contribution is 0.618.